The molecule has 4 heteroatoms. The van der Waals surface area contributed by atoms with Gasteiger partial charge in [0.05, 0.1) is 38.6 Å². The van der Waals surface area contributed by atoms with Gasteiger partial charge in [-0.25, -0.2) is 0 Å². The van der Waals surface area contributed by atoms with E-state index in [0.717, 1.165) is 45.2 Å². The smallest absolute Gasteiger partial charge is 0.0755 e. The maximum absolute atomic E-state index is 6.53. The predicted octanol–water partition coefficient (Wildman–Crippen LogP) is 4.85. The Kier molecular flexibility index (Phi) is 6.15. The molecule has 2 saturated carbocycles. The second kappa shape index (κ2) is 8.17. The van der Waals surface area contributed by atoms with Crippen LogP contribution in [0.4, 0.5) is 0 Å². The van der Waals surface area contributed by atoms with Gasteiger partial charge in [0.1, 0.15) is 0 Å². The fourth-order valence-corrected chi connectivity index (χ4v) is 7.79. The number of hydrogen-bond acceptors (Lipinski definition) is 4. The zero-order valence-corrected chi connectivity index (χ0v) is 18.6. The molecule has 4 nitrogen and oxygen atoms in total. The molecule has 4 fully saturated rings. The molecule has 0 spiro atoms. The summed E-state index contributed by atoms with van der Waals surface area (Å²) in [6, 6.07) is 0. The van der Waals surface area contributed by atoms with E-state index in [1.807, 2.05) is 14.2 Å². The van der Waals surface area contributed by atoms with Crippen molar-refractivity contribution in [1.82, 2.24) is 0 Å². The highest BCUT2D eigenvalue weighted by atomic mass is 16.5. The molecule has 4 rings (SSSR count). The van der Waals surface area contributed by atoms with Crippen molar-refractivity contribution in [2.24, 2.45) is 28.1 Å². The molecular formula is C24H42O4. The summed E-state index contributed by atoms with van der Waals surface area (Å²) in [6.07, 6.45) is 12.1. The first-order valence-electron chi connectivity index (χ1n) is 11.8. The minimum atomic E-state index is 0.0758. The maximum Gasteiger partial charge on any atom is 0.0755 e. The van der Waals surface area contributed by atoms with Crippen LogP contribution in [0.25, 0.3) is 0 Å². The van der Waals surface area contributed by atoms with Gasteiger partial charge < -0.3 is 18.9 Å². The van der Waals surface area contributed by atoms with E-state index < -0.39 is 0 Å². The van der Waals surface area contributed by atoms with Crippen molar-refractivity contribution in [1.29, 1.82) is 0 Å². The van der Waals surface area contributed by atoms with Crippen molar-refractivity contribution in [2.75, 3.05) is 40.6 Å². The van der Waals surface area contributed by atoms with E-state index in [1.54, 1.807) is 0 Å². The Bertz CT molecular complexity index is 482. The molecule has 0 radical (unpaired) electrons. The fraction of sp³-hybridized carbons (Fsp3) is 1.00. The van der Waals surface area contributed by atoms with Crippen LogP contribution in [0, 0.1) is 28.1 Å². The van der Waals surface area contributed by atoms with E-state index in [-0.39, 0.29) is 28.5 Å². The highest BCUT2D eigenvalue weighted by molar-refractivity contribution is 5.14. The monoisotopic (exact) mass is 394 g/mol. The molecule has 0 amide bonds. The van der Waals surface area contributed by atoms with Crippen molar-refractivity contribution in [2.45, 2.75) is 83.8 Å². The molecule has 2 aliphatic heterocycles. The average molecular weight is 395 g/mol. The Morgan fingerprint density at radius 3 is 1.71 bits per heavy atom. The second-order valence-corrected chi connectivity index (χ2v) is 10.3. The topological polar surface area (TPSA) is 36.9 Å². The van der Waals surface area contributed by atoms with Crippen LogP contribution < -0.4 is 0 Å². The number of methoxy groups -OCH3 is 2. The molecule has 0 aromatic carbocycles. The van der Waals surface area contributed by atoms with E-state index in [9.17, 15) is 0 Å². The lowest BCUT2D eigenvalue weighted by Gasteiger charge is -2.65. The summed E-state index contributed by atoms with van der Waals surface area (Å²) in [7, 11) is 3.91. The Hall–Kier alpha value is -0.160. The van der Waals surface area contributed by atoms with E-state index in [1.165, 1.54) is 44.9 Å². The molecule has 2 saturated heterocycles. The van der Waals surface area contributed by atoms with Gasteiger partial charge in [0.25, 0.3) is 0 Å². The first-order valence-corrected chi connectivity index (χ1v) is 11.8. The van der Waals surface area contributed by atoms with Crippen LogP contribution >= 0.6 is 0 Å². The summed E-state index contributed by atoms with van der Waals surface area (Å²) in [4.78, 5) is 0. The van der Waals surface area contributed by atoms with E-state index in [4.69, 9.17) is 18.9 Å². The SMILES string of the molecule is CCC1(C(OC)C2(C(OC)C3(CC)COC3)CCCC3CCCCC32)COC1. The highest BCUT2D eigenvalue weighted by Gasteiger charge is 2.67. The maximum atomic E-state index is 6.53. The number of fused-ring (bicyclic) bond motifs is 1. The van der Waals surface area contributed by atoms with Crippen LogP contribution in [0.1, 0.15) is 71.6 Å². The molecule has 0 aromatic rings. The summed E-state index contributed by atoms with van der Waals surface area (Å²) < 4.78 is 24.7. The summed E-state index contributed by atoms with van der Waals surface area (Å²) in [5.41, 5.74) is 0.362. The largest absolute Gasteiger partial charge is 0.380 e. The van der Waals surface area contributed by atoms with Gasteiger partial charge >= 0.3 is 0 Å². The first-order chi connectivity index (χ1) is 13.6. The molecule has 0 bridgehead atoms. The molecule has 4 aliphatic rings. The summed E-state index contributed by atoms with van der Waals surface area (Å²) in [5.74, 6) is 1.54. The molecule has 2 aliphatic carbocycles. The Morgan fingerprint density at radius 1 is 0.786 bits per heavy atom. The van der Waals surface area contributed by atoms with Crippen LogP contribution in [0.5, 0.6) is 0 Å². The quantitative estimate of drug-likeness (QED) is 0.590. The Morgan fingerprint density at radius 2 is 1.29 bits per heavy atom. The van der Waals surface area contributed by atoms with Crippen molar-refractivity contribution in [3.05, 3.63) is 0 Å². The van der Waals surface area contributed by atoms with Crippen LogP contribution in [0.2, 0.25) is 0 Å². The highest BCUT2D eigenvalue weighted by Crippen LogP contribution is 2.63. The Balaban J connectivity index is 1.82. The summed E-state index contributed by atoms with van der Waals surface area (Å²) in [6.45, 7) is 8.02. The zero-order valence-electron chi connectivity index (χ0n) is 18.6. The lowest BCUT2D eigenvalue weighted by Crippen LogP contribution is -2.70. The van der Waals surface area contributed by atoms with Gasteiger partial charge in [0.2, 0.25) is 0 Å². The van der Waals surface area contributed by atoms with Crippen molar-refractivity contribution < 1.29 is 18.9 Å². The third kappa shape index (κ3) is 2.92. The fourth-order valence-electron chi connectivity index (χ4n) is 7.79. The van der Waals surface area contributed by atoms with Gasteiger partial charge in [-0.15, -0.1) is 0 Å². The molecule has 2 heterocycles. The molecule has 4 atom stereocenters. The van der Waals surface area contributed by atoms with Crippen molar-refractivity contribution >= 4 is 0 Å². The van der Waals surface area contributed by atoms with Gasteiger partial charge in [-0.1, -0.05) is 46.0 Å². The third-order valence-electron chi connectivity index (χ3n) is 9.31. The molecule has 4 unspecified atom stereocenters. The normalized spacial score (nSPS) is 38.6. The standard InChI is InChI=1S/C24H42O4/c1-5-22(14-27-15-22)20(25-3)24(21(26-4)23(6-2)16-28-17-23)13-9-11-18-10-7-8-12-19(18)24/h18-21H,5-17H2,1-4H3. The minimum Gasteiger partial charge on any atom is -0.380 e. The van der Waals surface area contributed by atoms with E-state index in [2.05, 4.69) is 13.8 Å². The number of hydrogen-bond donors (Lipinski definition) is 0. The molecule has 0 aromatic heterocycles. The lowest BCUT2D eigenvalue weighted by molar-refractivity contribution is -0.301. The van der Waals surface area contributed by atoms with Gasteiger partial charge in [-0.2, -0.15) is 0 Å². The molecular weight excluding hydrogens is 352 g/mol. The summed E-state index contributed by atoms with van der Waals surface area (Å²) in [5, 5.41) is 0. The second-order valence-electron chi connectivity index (χ2n) is 10.3. The van der Waals surface area contributed by atoms with Crippen molar-refractivity contribution in [3.8, 4) is 0 Å². The molecule has 162 valence electrons. The van der Waals surface area contributed by atoms with Crippen LogP contribution in [0.15, 0.2) is 0 Å². The van der Waals surface area contributed by atoms with Crippen LogP contribution in [-0.4, -0.2) is 52.9 Å². The molecule has 28 heavy (non-hydrogen) atoms. The number of rotatable bonds is 8. The lowest BCUT2D eigenvalue weighted by atomic mass is 9.46. The van der Waals surface area contributed by atoms with E-state index >= 15 is 0 Å². The third-order valence-corrected chi connectivity index (χ3v) is 9.31. The van der Waals surface area contributed by atoms with Gasteiger partial charge in [0.15, 0.2) is 0 Å². The van der Waals surface area contributed by atoms with Gasteiger partial charge in [-0.3, -0.25) is 0 Å². The summed E-state index contributed by atoms with van der Waals surface area (Å²) >= 11 is 0. The number of ether oxygens (including phenoxy) is 4. The average Bonchev–Trinajstić information content (AvgIpc) is 2.67. The van der Waals surface area contributed by atoms with Crippen LogP contribution in [0.3, 0.4) is 0 Å². The minimum absolute atomic E-state index is 0.0758. The predicted molar refractivity (Wildman–Crippen MR) is 110 cm³/mol. The van der Waals surface area contributed by atoms with Gasteiger partial charge in [0, 0.05) is 30.5 Å². The van der Waals surface area contributed by atoms with Crippen LogP contribution in [-0.2, 0) is 18.9 Å². The zero-order chi connectivity index (χ0) is 19.8. The molecule has 0 N–H and O–H groups in total. The first kappa shape index (κ1) is 21.1. The van der Waals surface area contributed by atoms with E-state index in [0.29, 0.717) is 5.92 Å². The van der Waals surface area contributed by atoms with Crippen molar-refractivity contribution in [3.63, 3.8) is 0 Å². The Labute approximate surface area is 172 Å². The van der Waals surface area contributed by atoms with Gasteiger partial charge in [-0.05, 0) is 37.5 Å².